The Kier molecular flexibility index (Phi) is 3.72. The van der Waals surface area contributed by atoms with Crippen molar-refractivity contribution in [2.45, 2.75) is 39.7 Å². The van der Waals surface area contributed by atoms with Crippen LogP contribution in [0.4, 0.5) is 0 Å². The largest absolute Gasteiger partial charge is 0.411 e. The van der Waals surface area contributed by atoms with Crippen LogP contribution in [0.25, 0.3) is 0 Å². The number of rotatable bonds is 2. The summed E-state index contributed by atoms with van der Waals surface area (Å²) in [6.07, 6.45) is 1.85. The lowest BCUT2D eigenvalue weighted by molar-refractivity contribution is 0.166. The Balaban J connectivity index is 2.40. The molecule has 1 aliphatic heterocycles. The van der Waals surface area contributed by atoms with Crippen molar-refractivity contribution < 1.29 is 5.21 Å². The van der Waals surface area contributed by atoms with Crippen LogP contribution >= 0.6 is 0 Å². The van der Waals surface area contributed by atoms with Gasteiger partial charge in [0, 0.05) is 32.0 Å². The molecule has 13 heavy (non-hydrogen) atoms. The van der Waals surface area contributed by atoms with Crippen LogP contribution < -0.4 is 0 Å². The molecule has 0 spiro atoms. The fraction of sp³-hybridized carbons (Fsp3) is 0.900. The van der Waals surface area contributed by atoms with Gasteiger partial charge < -0.3 is 5.21 Å². The van der Waals surface area contributed by atoms with E-state index in [-0.39, 0.29) is 0 Å². The summed E-state index contributed by atoms with van der Waals surface area (Å²) in [6.45, 7) is 8.85. The van der Waals surface area contributed by atoms with E-state index in [0.29, 0.717) is 12.0 Å². The molecule has 1 N–H and O–H groups in total. The molecular formula is C10H20N2O. The maximum Gasteiger partial charge on any atom is 0.0596 e. The molecule has 0 radical (unpaired) electrons. The van der Waals surface area contributed by atoms with E-state index in [1.165, 1.54) is 0 Å². The summed E-state index contributed by atoms with van der Waals surface area (Å²) in [5.74, 6) is 0.701. The number of nitrogens with zero attached hydrogens (tertiary/aromatic N) is 2. The highest BCUT2D eigenvalue weighted by Gasteiger charge is 2.21. The van der Waals surface area contributed by atoms with Gasteiger partial charge in [-0.1, -0.05) is 19.0 Å². The van der Waals surface area contributed by atoms with Crippen LogP contribution in [-0.4, -0.2) is 35.0 Å². The summed E-state index contributed by atoms with van der Waals surface area (Å²) in [7, 11) is 0. The van der Waals surface area contributed by atoms with E-state index in [0.717, 1.165) is 31.6 Å². The Labute approximate surface area is 80.4 Å². The summed E-state index contributed by atoms with van der Waals surface area (Å²) in [6, 6.07) is 0.639. The molecule has 1 aliphatic rings. The van der Waals surface area contributed by atoms with Crippen molar-refractivity contribution in [2.24, 2.45) is 11.1 Å². The van der Waals surface area contributed by atoms with E-state index in [1.54, 1.807) is 0 Å². The molecule has 1 heterocycles. The molecule has 0 aliphatic carbocycles. The average Bonchev–Trinajstić information content (AvgIpc) is 2.17. The SMILES string of the molecule is CC(C)C(C)N1CCC(=NO)CC1. The maximum atomic E-state index is 8.59. The monoisotopic (exact) mass is 184 g/mol. The number of hydrogen-bond acceptors (Lipinski definition) is 3. The molecule has 0 bridgehead atoms. The first-order chi connectivity index (χ1) is 6.15. The smallest absolute Gasteiger partial charge is 0.0596 e. The fourth-order valence-electron chi connectivity index (χ4n) is 1.71. The van der Waals surface area contributed by atoms with E-state index in [4.69, 9.17) is 5.21 Å². The third-order valence-corrected chi connectivity index (χ3v) is 3.06. The van der Waals surface area contributed by atoms with Crippen LogP contribution in [-0.2, 0) is 0 Å². The van der Waals surface area contributed by atoms with E-state index in [9.17, 15) is 0 Å². The van der Waals surface area contributed by atoms with E-state index in [1.807, 2.05) is 0 Å². The molecule has 3 nitrogen and oxygen atoms in total. The number of oxime groups is 1. The normalized spacial score (nSPS) is 22.0. The van der Waals surface area contributed by atoms with Crippen LogP contribution in [0.1, 0.15) is 33.6 Å². The minimum absolute atomic E-state index is 0.639. The van der Waals surface area contributed by atoms with Gasteiger partial charge in [-0.05, 0) is 12.8 Å². The van der Waals surface area contributed by atoms with E-state index in [2.05, 4.69) is 30.8 Å². The average molecular weight is 184 g/mol. The van der Waals surface area contributed by atoms with E-state index >= 15 is 0 Å². The first-order valence-corrected chi connectivity index (χ1v) is 5.09. The quantitative estimate of drug-likeness (QED) is 0.526. The van der Waals surface area contributed by atoms with Gasteiger partial charge >= 0.3 is 0 Å². The standard InChI is InChI=1S/C10H20N2O/c1-8(2)9(3)12-6-4-10(11-13)5-7-12/h8-9,13H,4-7H2,1-3H3. The topological polar surface area (TPSA) is 35.8 Å². The molecule has 0 amide bonds. The highest BCUT2D eigenvalue weighted by Crippen LogP contribution is 2.15. The molecule has 1 rings (SSSR count). The first kappa shape index (κ1) is 10.5. The van der Waals surface area contributed by atoms with Gasteiger partial charge in [-0.15, -0.1) is 0 Å². The van der Waals surface area contributed by atoms with Crippen molar-refractivity contribution in [3.8, 4) is 0 Å². The first-order valence-electron chi connectivity index (χ1n) is 5.09. The molecule has 3 heteroatoms. The van der Waals surface area contributed by atoms with Crippen LogP contribution in [0.3, 0.4) is 0 Å². The maximum absolute atomic E-state index is 8.59. The highest BCUT2D eigenvalue weighted by atomic mass is 16.4. The number of hydrogen-bond donors (Lipinski definition) is 1. The zero-order valence-corrected chi connectivity index (χ0v) is 8.82. The van der Waals surface area contributed by atoms with Crippen LogP contribution in [0, 0.1) is 5.92 Å². The second kappa shape index (κ2) is 4.61. The number of likely N-dealkylation sites (tertiary alicyclic amines) is 1. The van der Waals surface area contributed by atoms with Gasteiger partial charge in [-0.3, -0.25) is 4.90 Å². The third-order valence-electron chi connectivity index (χ3n) is 3.06. The molecule has 1 fully saturated rings. The molecule has 0 aromatic heterocycles. The summed E-state index contributed by atoms with van der Waals surface area (Å²) in [5.41, 5.74) is 0.951. The Bertz CT molecular complexity index is 179. The third kappa shape index (κ3) is 2.69. The number of piperidine rings is 1. The molecule has 1 saturated heterocycles. The highest BCUT2D eigenvalue weighted by molar-refractivity contribution is 5.84. The summed E-state index contributed by atoms with van der Waals surface area (Å²) < 4.78 is 0. The van der Waals surface area contributed by atoms with E-state index < -0.39 is 0 Å². The van der Waals surface area contributed by atoms with Gasteiger partial charge in [0.15, 0.2) is 0 Å². The predicted octanol–water partition coefficient (Wildman–Crippen LogP) is 1.96. The summed E-state index contributed by atoms with van der Waals surface area (Å²) in [5, 5.41) is 11.9. The van der Waals surface area contributed by atoms with Gasteiger partial charge in [0.2, 0.25) is 0 Å². The van der Waals surface area contributed by atoms with Crippen molar-refractivity contribution in [1.82, 2.24) is 4.90 Å². The fourth-order valence-corrected chi connectivity index (χ4v) is 1.71. The lowest BCUT2D eigenvalue weighted by atomic mass is 10.0. The van der Waals surface area contributed by atoms with Gasteiger partial charge in [-0.25, -0.2) is 0 Å². The van der Waals surface area contributed by atoms with Crippen molar-refractivity contribution in [3.05, 3.63) is 0 Å². The van der Waals surface area contributed by atoms with Crippen LogP contribution in [0.15, 0.2) is 5.16 Å². The van der Waals surface area contributed by atoms with Gasteiger partial charge in [-0.2, -0.15) is 0 Å². The second-order valence-corrected chi connectivity index (χ2v) is 4.19. The second-order valence-electron chi connectivity index (χ2n) is 4.19. The van der Waals surface area contributed by atoms with Gasteiger partial charge in [0.05, 0.1) is 5.71 Å². The van der Waals surface area contributed by atoms with Crippen molar-refractivity contribution in [1.29, 1.82) is 0 Å². The lowest BCUT2D eigenvalue weighted by Gasteiger charge is -2.34. The van der Waals surface area contributed by atoms with Gasteiger partial charge in [0.25, 0.3) is 0 Å². The Morgan fingerprint density at radius 3 is 2.15 bits per heavy atom. The van der Waals surface area contributed by atoms with Crippen molar-refractivity contribution >= 4 is 5.71 Å². The molecule has 0 aromatic carbocycles. The zero-order valence-electron chi connectivity index (χ0n) is 8.82. The van der Waals surface area contributed by atoms with Crippen molar-refractivity contribution in [2.75, 3.05) is 13.1 Å². The Hall–Kier alpha value is -0.570. The molecule has 0 aromatic rings. The lowest BCUT2D eigenvalue weighted by Crippen LogP contribution is -2.42. The minimum atomic E-state index is 0.639. The molecule has 76 valence electrons. The predicted molar refractivity (Wildman–Crippen MR) is 54.3 cm³/mol. The van der Waals surface area contributed by atoms with Gasteiger partial charge in [0.1, 0.15) is 0 Å². The molecule has 1 unspecified atom stereocenters. The van der Waals surface area contributed by atoms with Crippen molar-refractivity contribution in [3.63, 3.8) is 0 Å². The van der Waals surface area contributed by atoms with Crippen LogP contribution in [0.5, 0.6) is 0 Å². The summed E-state index contributed by atoms with van der Waals surface area (Å²) in [4.78, 5) is 2.47. The molecule has 1 atom stereocenters. The Morgan fingerprint density at radius 2 is 1.77 bits per heavy atom. The Morgan fingerprint density at radius 1 is 1.23 bits per heavy atom. The van der Waals surface area contributed by atoms with Crippen LogP contribution in [0.2, 0.25) is 0 Å². The molecular weight excluding hydrogens is 164 g/mol. The summed E-state index contributed by atoms with van der Waals surface area (Å²) >= 11 is 0. The zero-order chi connectivity index (χ0) is 9.84. The minimum Gasteiger partial charge on any atom is -0.411 e. The molecule has 0 saturated carbocycles.